The first-order chi connectivity index (χ1) is 8.99. The van der Waals surface area contributed by atoms with Gasteiger partial charge in [-0.2, -0.15) is 0 Å². The third-order valence-corrected chi connectivity index (χ3v) is 3.32. The third-order valence-electron chi connectivity index (χ3n) is 3.11. The molecule has 2 atom stereocenters. The van der Waals surface area contributed by atoms with Crippen molar-refractivity contribution in [1.29, 1.82) is 0 Å². The Morgan fingerprint density at radius 2 is 2.21 bits per heavy atom. The number of nitrogens with zero attached hydrogens (tertiary/aromatic N) is 2. The van der Waals surface area contributed by atoms with Crippen LogP contribution in [0.3, 0.4) is 0 Å². The van der Waals surface area contributed by atoms with Gasteiger partial charge in [-0.05, 0) is 12.1 Å². The highest BCUT2D eigenvalue weighted by Crippen LogP contribution is 2.40. The predicted octanol–water partition coefficient (Wildman–Crippen LogP) is 2.03. The van der Waals surface area contributed by atoms with Crippen molar-refractivity contribution < 1.29 is 14.3 Å². The summed E-state index contributed by atoms with van der Waals surface area (Å²) in [7, 11) is 0. The second kappa shape index (κ2) is 4.03. The zero-order valence-electron chi connectivity index (χ0n) is 9.51. The van der Waals surface area contributed by atoms with Crippen LogP contribution >= 0.6 is 11.6 Å². The molecule has 98 valence electrons. The van der Waals surface area contributed by atoms with Crippen molar-refractivity contribution in [3.8, 4) is 0 Å². The Balaban J connectivity index is 2.39. The van der Waals surface area contributed by atoms with E-state index in [4.69, 9.17) is 16.7 Å². The number of carbonyl (C=O) groups is 1. The van der Waals surface area contributed by atoms with Crippen molar-refractivity contribution in [1.82, 2.24) is 9.55 Å². The van der Waals surface area contributed by atoms with E-state index in [-0.39, 0.29) is 22.6 Å². The van der Waals surface area contributed by atoms with E-state index in [1.54, 1.807) is 0 Å². The summed E-state index contributed by atoms with van der Waals surface area (Å²) in [5.74, 6) is -1.34. The van der Waals surface area contributed by atoms with Gasteiger partial charge in [0.2, 0.25) is 5.43 Å². The number of rotatable bonds is 2. The Hall–Kier alpha value is -1.95. The SMILES string of the molecule is O=C(O)c1cn([C@H]2C[C@H]2F)c2nc(Cl)ccc2c1=O. The molecule has 3 rings (SSSR count). The number of pyridine rings is 2. The third kappa shape index (κ3) is 1.88. The predicted molar refractivity (Wildman–Crippen MR) is 66.5 cm³/mol. The standard InChI is InChI=1S/C12H8ClFN2O3/c13-9-2-1-5-10(17)6(12(18)19)4-16(11(5)15-9)8-3-7(8)14/h1-2,4,7-8H,3H2,(H,18,19)/t7-,8+/m1/s1. The summed E-state index contributed by atoms with van der Waals surface area (Å²) < 4.78 is 14.6. The smallest absolute Gasteiger partial charge is 0.341 e. The molecule has 0 spiro atoms. The Bertz CT molecular complexity index is 758. The van der Waals surface area contributed by atoms with Crippen LogP contribution in [0.1, 0.15) is 22.8 Å². The molecule has 19 heavy (non-hydrogen) atoms. The second-order valence-electron chi connectivity index (χ2n) is 4.41. The van der Waals surface area contributed by atoms with E-state index in [1.165, 1.54) is 16.7 Å². The minimum atomic E-state index is -1.34. The first-order valence-corrected chi connectivity index (χ1v) is 5.95. The van der Waals surface area contributed by atoms with E-state index >= 15 is 0 Å². The van der Waals surface area contributed by atoms with Gasteiger partial charge in [-0.25, -0.2) is 14.2 Å². The van der Waals surface area contributed by atoms with Gasteiger partial charge in [0.1, 0.15) is 22.5 Å². The van der Waals surface area contributed by atoms with Crippen LogP contribution in [-0.4, -0.2) is 26.8 Å². The largest absolute Gasteiger partial charge is 0.477 e. The second-order valence-corrected chi connectivity index (χ2v) is 4.80. The van der Waals surface area contributed by atoms with Gasteiger partial charge in [0.05, 0.1) is 11.4 Å². The Morgan fingerprint density at radius 3 is 2.79 bits per heavy atom. The van der Waals surface area contributed by atoms with E-state index < -0.39 is 29.2 Å². The fourth-order valence-electron chi connectivity index (χ4n) is 2.05. The van der Waals surface area contributed by atoms with Crippen molar-refractivity contribution in [2.75, 3.05) is 0 Å². The van der Waals surface area contributed by atoms with Crippen LogP contribution in [0.2, 0.25) is 5.15 Å². The van der Waals surface area contributed by atoms with Gasteiger partial charge in [-0.3, -0.25) is 4.79 Å². The molecule has 0 bridgehead atoms. The molecule has 0 radical (unpaired) electrons. The number of carboxylic acids is 1. The van der Waals surface area contributed by atoms with Crippen LogP contribution in [0.15, 0.2) is 23.1 Å². The fraction of sp³-hybridized carbons (Fsp3) is 0.250. The molecule has 1 N–H and O–H groups in total. The molecule has 2 aromatic heterocycles. The lowest BCUT2D eigenvalue weighted by atomic mass is 10.2. The Kier molecular flexibility index (Phi) is 2.56. The summed E-state index contributed by atoms with van der Waals surface area (Å²) in [5, 5.41) is 9.31. The van der Waals surface area contributed by atoms with Gasteiger partial charge in [-0.1, -0.05) is 11.6 Å². The van der Waals surface area contributed by atoms with Crippen molar-refractivity contribution in [3.63, 3.8) is 0 Å². The van der Waals surface area contributed by atoms with E-state index in [2.05, 4.69) is 4.98 Å². The van der Waals surface area contributed by atoms with Crippen molar-refractivity contribution in [2.24, 2.45) is 0 Å². The monoisotopic (exact) mass is 282 g/mol. The lowest BCUT2D eigenvalue weighted by Crippen LogP contribution is -2.19. The molecule has 2 heterocycles. The molecule has 0 unspecified atom stereocenters. The minimum Gasteiger partial charge on any atom is -0.477 e. The highest BCUT2D eigenvalue weighted by Gasteiger charge is 2.40. The molecule has 0 aliphatic heterocycles. The number of alkyl halides is 1. The fourth-order valence-corrected chi connectivity index (χ4v) is 2.19. The van der Waals surface area contributed by atoms with Crippen LogP contribution in [-0.2, 0) is 0 Å². The maximum Gasteiger partial charge on any atom is 0.341 e. The molecule has 5 nitrogen and oxygen atoms in total. The quantitative estimate of drug-likeness (QED) is 0.856. The number of hydrogen-bond acceptors (Lipinski definition) is 3. The molecule has 7 heteroatoms. The maximum atomic E-state index is 13.2. The van der Waals surface area contributed by atoms with Gasteiger partial charge >= 0.3 is 5.97 Å². The number of aromatic nitrogens is 2. The van der Waals surface area contributed by atoms with Gasteiger partial charge in [0.15, 0.2) is 0 Å². The number of aromatic carboxylic acids is 1. The summed E-state index contributed by atoms with van der Waals surface area (Å²) in [4.78, 5) is 27.0. The molecule has 1 saturated carbocycles. The van der Waals surface area contributed by atoms with E-state index in [0.717, 1.165) is 6.20 Å². The molecule has 2 aromatic rings. The molecular weight excluding hydrogens is 275 g/mol. The number of hydrogen-bond donors (Lipinski definition) is 1. The first kappa shape index (κ1) is 12.1. The lowest BCUT2D eigenvalue weighted by Gasteiger charge is -2.10. The highest BCUT2D eigenvalue weighted by atomic mass is 35.5. The number of halogens is 2. The minimum absolute atomic E-state index is 0.128. The molecule has 0 saturated heterocycles. The molecule has 1 fully saturated rings. The summed E-state index contributed by atoms with van der Waals surface area (Å²) in [6, 6.07) is 2.33. The van der Waals surface area contributed by atoms with Gasteiger partial charge < -0.3 is 9.67 Å². The molecule has 0 aromatic carbocycles. The van der Waals surface area contributed by atoms with Gasteiger partial charge in [0, 0.05) is 12.6 Å². The summed E-state index contributed by atoms with van der Waals surface area (Å²) in [5.41, 5.74) is -0.817. The number of fused-ring (bicyclic) bond motifs is 1. The van der Waals surface area contributed by atoms with Crippen molar-refractivity contribution in [3.05, 3.63) is 39.3 Å². The van der Waals surface area contributed by atoms with Crippen LogP contribution in [0.4, 0.5) is 4.39 Å². The summed E-state index contributed by atoms with van der Waals surface area (Å²) in [6.07, 6.45) is 0.374. The average molecular weight is 283 g/mol. The number of carboxylic acid groups (broad SMARTS) is 1. The molecule has 0 amide bonds. The van der Waals surface area contributed by atoms with Crippen molar-refractivity contribution >= 4 is 28.6 Å². The zero-order chi connectivity index (χ0) is 13.7. The van der Waals surface area contributed by atoms with Crippen LogP contribution in [0.25, 0.3) is 11.0 Å². The van der Waals surface area contributed by atoms with Gasteiger partial charge in [0.25, 0.3) is 0 Å². The lowest BCUT2D eigenvalue weighted by molar-refractivity contribution is 0.0694. The molecule has 1 aliphatic rings. The maximum absolute atomic E-state index is 13.2. The Morgan fingerprint density at radius 1 is 1.53 bits per heavy atom. The molecular formula is C12H8ClFN2O3. The van der Waals surface area contributed by atoms with Crippen molar-refractivity contribution in [2.45, 2.75) is 18.6 Å². The first-order valence-electron chi connectivity index (χ1n) is 5.58. The topological polar surface area (TPSA) is 72.2 Å². The van der Waals surface area contributed by atoms with Crippen LogP contribution in [0, 0.1) is 0 Å². The van der Waals surface area contributed by atoms with E-state index in [9.17, 15) is 14.0 Å². The Labute approximate surface area is 111 Å². The van der Waals surface area contributed by atoms with Crippen LogP contribution in [0.5, 0.6) is 0 Å². The highest BCUT2D eigenvalue weighted by molar-refractivity contribution is 6.29. The van der Waals surface area contributed by atoms with E-state index in [1.807, 2.05) is 0 Å². The summed E-state index contributed by atoms with van der Waals surface area (Å²) in [6.45, 7) is 0. The van der Waals surface area contributed by atoms with Gasteiger partial charge in [-0.15, -0.1) is 0 Å². The normalized spacial score (nSPS) is 21.6. The van der Waals surface area contributed by atoms with Crippen LogP contribution < -0.4 is 5.43 Å². The zero-order valence-corrected chi connectivity index (χ0v) is 10.3. The average Bonchev–Trinajstić information content (AvgIpc) is 3.06. The summed E-state index contributed by atoms with van der Waals surface area (Å²) >= 11 is 5.77. The van der Waals surface area contributed by atoms with E-state index in [0.29, 0.717) is 0 Å². The molecule has 1 aliphatic carbocycles.